The van der Waals surface area contributed by atoms with Crippen LogP contribution in [0.1, 0.15) is 28.8 Å². The zero-order valence-electron chi connectivity index (χ0n) is 15.7. The average molecular weight is 390 g/mol. The van der Waals surface area contributed by atoms with Crippen molar-refractivity contribution in [2.75, 3.05) is 0 Å². The zero-order valence-corrected chi connectivity index (χ0v) is 15.7. The molecule has 29 heavy (non-hydrogen) atoms. The molecular weight excluding hydrogens is 372 g/mol. The van der Waals surface area contributed by atoms with E-state index in [1.54, 1.807) is 23.5 Å². The lowest BCUT2D eigenvalue weighted by molar-refractivity contribution is -0.136. The van der Waals surface area contributed by atoms with Crippen LogP contribution >= 0.6 is 0 Å². The second-order valence-electron chi connectivity index (χ2n) is 7.31. The van der Waals surface area contributed by atoms with Gasteiger partial charge < -0.3 is 9.47 Å². The summed E-state index contributed by atoms with van der Waals surface area (Å²) in [4.78, 5) is 42.6. The van der Waals surface area contributed by atoms with Crippen molar-refractivity contribution in [3.8, 4) is 22.5 Å². The summed E-state index contributed by atoms with van der Waals surface area (Å²) in [5.41, 5.74) is 4.95. The second kappa shape index (κ2) is 6.40. The van der Waals surface area contributed by atoms with Gasteiger partial charge in [-0.25, -0.2) is 4.98 Å². The summed E-state index contributed by atoms with van der Waals surface area (Å²) < 4.78 is 1.92. The number of amides is 3. The molecule has 1 atom stereocenters. The van der Waals surface area contributed by atoms with Crippen molar-refractivity contribution in [1.82, 2.24) is 30.0 Å². The van der Waals surface area contributed by atoms with E-state index in [9.17, 15) is 14.4 Å². The van der Waals surface area contributed by atoms with Crippen LogP contribution in [0.15, 0.2) is 36.9 Å². The van der Waals surface area contributed by atoms with Crippen molar-refractivity contribution in [1.29, 1.82) is 0 Å². The van der Waals surface area contributed by atoms with E-state index >= 15 is 0 Å². The Hall–Kier alpha value is -3.75. The number of piperidine rings is 1. The Bertz CT molecular complexity index is 1150. The Morgan fingerprint density at radius 1 is 1.17 bits per heavy atom. The van der Waals surface area contributed by atoms with E-state index in [1.807, 2.05) is 29.9 Å². The first-order chi connectivity index (χ1) is 14.0. The highest BCUT2D eigenvalue weighted by Gasteiger charge is 2.39. The van der Waals surface area contributed by atoms with Gasteiger partial charge in [0.15, 0.2) is 0 Å². The molecule has 3 amide bonds. The molecule has 0 bridgehead atoms. The fraction of sp³-hybridized carbons (Fsp3) is 0.250. The number of imidazole rings is 1. The highest BCUT2D eigenvalue weighted by molar-refractivity contribution is 6.05. The van der Waals surface area contributed by atoms with Crippen LogP contribution in [-0.4, -0.2) is 48.4 Å². The van der Waals surface area contributed by atoms with E-state index in [0.717, 1.165) is 28.1 Å². The molecule has 0 spiro atoms. The third-order valence-electron chi connectivity index (χ3n) is 5.51. The molecule has 146 valence electrons. The van der Waals surface area contributed by atoms with E-state index < -0.39 is 11.9 Å². The van der Waals surface area contributed by atoms with Crippen LogP contribution in [0.3, 0.4) is 0 Å². The molecule has 1 saturated heterocycles. The van der Waals surface area contributed by atoms with Crippen molar-refractivity contribution >= 4 is 17.7 Å². The number of hydrogen-bond donors (Lipinski definition) is 2. The predicted molar refractivity (Wildman–Crippen MR) is 102 cm³/mol. The van der Waals surface area contributed by atoms with Gasteiger partial charge in [0.05, 0.1) is 23.9 Å². The van der Waals surface area contributed by atoms with E-state index in [-0.39, 0.29) is 18.2 Å². The van der Waals surface area contributed by atoms with Gasteiger partial charge >= 0.3 is 0 Å². The first-order valence-electron chi connectivity index (χ1n) is 9.31. The smallest absolute Gasteiger partial charge is 0.255 e. The molecule has 0 radical (unpaired) electrons. The number of nitrogens with one attached hydrogen (secondary N) is 2. The Balaban J connectivity index is 1.49. The van der Waals surface area contributed by atoms with Crippen LogP contribution in [-0.2, 0) is 23.2 Å². The molecule has 0 saturated carbocycles. The first kappa shape index (κ1) is 17.4. The van der Waals surface area contributed by atoms with E-state index in [2.05, 4.69) is 20.5 Å². The SMILES string of the molecule is Cn1cnc(-c2ccc3c(c2)CN(C2CCC(=O)NC2=O)C3=O)c1-c1cn[nH]c1. The summed E-state index contributed by atoms with van der Waals surface area (Å²) in [5, 5.41) is 9.16. The minimum Gasteiger partial charge on any atom is -0.333 e. The fourth-order valence-corrected chi connectivity index (χ4v) is 4.08. The number of H-pyrrole nitrogens is 1. The highest BCUT2D eigenvalue weighted by atomic mass is 16.2. The maximum atomic E-state index is 12.9. The summed E-state index contributed by atoms with van der Waals surface area (Å²) >= 11 is 0. The average Bonchev–Trinajstić information content (AvgIpc) is 3.41. The molecule has 3 aromatic rings. The molecule has 1 aromatic carbocycles. The quantitative estimate of drug-likeness (QED) is 0.654. The molecule has 2 aliphatic rings. The first-order valence-corrected chi connectivity index (χ1v) is 9.31. The number of aromatic amines is 1. The number of aromatic nitrogens is 4. The van der Waals surface area contributed by atoms with Crippen molar-refractivity contribution in [2.45, 2.75) is 25.4 Å². The lowest BCUT2D eigenvalue weighted by atomic mass is 10.0. The molecule has 9 nitrogen and oxygen atoms in total. The molecule has 2 N–H and O–H groups in total. The maximum absolute atomic E-state index is 12.9. The fourth-order valence-electron chi connectivity index (χ4n) is 4.08. The topological polar surface area (TPSA) is 113 Å². The van der Waals surface area contributed by atoms with Gasteiger partial charge in [0.25, 0.3) is 5.91 Å². The van der Waals surface area contributed by atoms with E-state index in [1.165, 1.54) is 0 Å². The van der Waals surface area contributed by atoms with Gasteiger partial charge in [-0.3, -0.25) is 24.8 Å². The summed E-state index contributed by atoms with van der Waals surface area (Å²) in [7, 11) is 1.92. The summed E-state index contributed by atoms with van der Waals surface area (Å²) in [6, 6.07) is 4.99. The van der Waals surface area contributed by atoms with Crippen LogP contribution in [0.4, 0.5) is 0 Å². The van der Waals surface area contributed by atoms with E-state index in [4.69, 9.17) is 0 Å². The lowest BCUT2D eigenvalue weighted by Gasteiger charge is -2.29. The summed E-state index contributed by atoms with van der Waals surface area (Å²) in [5.74, 6) is -0.883. The van der Waals surface area contributed by atoms with Crippen molar-refractivity contribution < 1.29 is 14.4 Å². The van der Waals surface area contributed by atoms with Gasteiger partial charge in [-0.2, -0.15) is 5.10 Å². The van der Waals surface area contributed by atoms with Crippen molar-refractivity contribution in [2.24, 2.45) is 7.05 Å². The number of benzene rings is 1. The minimum absolute atomic E-state index is 0.183. The number of fused-ring (bicyclic) bond motifs is 1. The van der Waals surface area contributed by atoms with Gasteiger partial charge in [-0.05, 0) is 24.1 Å². The molecule has 4 heterocycles. The molecule has 1 unspecified atom stereocenters. The third-order valence-corrected chi connectivity index (χ3v) is 5.51. The number of nitrogens with zero attached hydrogens (tertiary/aromatic N) is 4. The monoisotopic (exact) mass is 390 g/mol. The number of imide groups is 1. The van der Waals surface area contributed by atoms with Crippen molar-refractivity contribution in [3.05, 3.63) is 48.0 Å². The van der Waals surface area contributed by atoms with Gasteiger partial charge in [0.1, 0.15) is 6.04 Å². The highest BCUT2D eigenvalue weighted by Crippen LogP contribution is 2.34. The van der Waals surface area contributed by atoms with E-state index in [0.29, 0.717) is 18.5 Å². The molecule has 9 heteroatoms. The van der Waals surface area contributed by atoms with Crippen molar-refractivity contribution in [3.63, 3.8) is 0 Å². The molecular formula is C20H18N6O3. The number of hydrogen-bond acceptors (Lipinski definition) is 5. The summed E-state index contributed by atoms with van der Waals surface area (Å²) in [6.45, 7) is 0.335. The predicted octanol–water partition coefficient (Wildman–Crippen LogP) is 1.24. The molecule has 5 rings (SSSR count). The Morgan fingerprint density at radius 2 is 2.03 bits per heavy atom. The third kappa shape index (κ3) is 2.74. The Kier molecular flexibility index (Phi) is 3.83. The standard InChI is InChI=1S/C20H18N6O3/c1-25-10-21-17(18(25)13-7-22-23-8-13)11-2-3-14-12(6-11)9-26(20(14)29)15-4-5-16(27)24-19(15)28/h2-3,6-8,10,15H,4-5,9H2,1H3,(H,22,23)(H,24,27,28). The second-order valence-corrected chi connectivity index (χ2v) is 7.31. The van der Waals surface area contributed by atoms with Crippen LogP contribution < -0.4 is 5.32 Å². The van der Waals surface area contributed by atoms with Gasteiger partial charge in [-0.15, -0.1) is 0 Å². The van der Waals surface area contributed by atoms with Gasteiger partial charge in [-0.1, -0.05) is 6.07 Å². The van der Waals surface area contributed by atoms with Crippen LogP contribution in [0.2, 0.25) is 0 Å². The number of carbonyl (C=O) groups excluding carboxylic acids is 3. The number of carbonyl (C=O) groups is 3. The van der Waals surface area contributed by atoms with Crippen LogP contribution in [0, 0.1) is 0 Å². The minimum atomic E-state index is -0.618. The Labute approximate surface area is 165 Å². The zero-order chi connectivity index (χ0) is 20.1. The number of aryl methyl sites for hydroxylation is 1. The van der Waals surface area contributed by atoms with Gasteiger partial charge in [0, 0.05) is 42.9 Å². The molecule has 1 fully saturated rings. The van der Waals surface area contributed by atoms with Crippen LogP contribution in [0.25, 0.3) is 22.5 Å². The largest absolute Gasteiger partial charge is 0.333 e. The molecule has 2 aliphatic heterocycles. The lowest BCUT2D eigenvalue weighted by Crippen LogP contribution is -2.52. The van der Waals surface area contributed by atoms with Gasteiger partial charge in [0.2, 0.25) is 11.8 Å². The Morgan fingerprint density at radius 3 is 2.79 bits per heavy atom. The molecule has 2 aromatic heterocycles. The van der Waals surface area contributed by atoms with Crippen LogP contribution in [0.5, 0.6) is 0 Å². The summed E-state index contributed by atoms with van der Waals surface area (Å²) in [6.07, 6.45) is 5.88. The number of rotatable bonds is 3. The normalized spacial score (nSPS) is 18.9. The maximum Gasteiger partial charge on any atom is 0.255 e. The molecule has 0 aliphatic carbocycles.